The number of fused-ring (bicyclic) bond motifs is 4. The molecule has 0 radical (unpaired) electrons. The Hall–Kier alpha value is -17.5. The Morgan fingerprint density at radius 3 is 0.914 bits per heavy atom. The fourth-order valence-electron chi connectivity index (χ4n) is 14.9. The summed E-state index contributed by atoms with van der Waals surface area (Å²) in [5.41, 5.74) is 23.0. The van der Waals surface area contributed by atoms with Crippen LogP contribution in [0.2, 0.25) is 0 Å². The number of nitrogens with one attached hydrogen (secondary N) is 8. The summed E-state index contributed by atoms with van der Waals surface area (Å²) in [6.07, 6.45) is 5.97. The number of nitrogens with zero attached hydrogens (tertiary/aromatic N) is 12. The number of aryl methyl sites for hydroxylation is 1. The van der Waals surface area contributed by atoms with Crippen LogP contribution in [0.3, 0.4) is 0 Å². The van der Waals surface area contributed by atoms with E-state index < -0.39 is 0 Å². The van der Waals surface area contributed by atoms with Crippen LogP contribution in [-0.2, 0) is 0 Å². The second kappa shape index (κ2) is 38.3. The maximum Gasteiger partial charge on any atom is 0.186 e. The highest BCUT2D eigenvalue weighted by atomic mass is 16.5. The second-order valence-corrected chi connectivity index (χ2v) is 29.1. The van der Waals surface area contributed by atoms with Gasteiger partial charge < -0.3 is 49.7 Å². The number of aromatic nitrogens is 16. The fraction of sp³-hybridized carbons (Fsp3) is 0.0792. The Kier molecular flexibility index (Phi) is 24.8. The number of carbonyl (C=O) groups is 1. The zero-order valence-electron chi connectivity index (χ0n) is 70.7. The Morgan fingerprint density at radius 2 is 0.570 bits per heavy atom. The first-order valence-corrected chi connectivity index (χ1v) is 40.7. The van der Waals surface area contributed by atoms with Crippen LogP contribution in [-0.4, -0.2) is 129 Å². The lowest BCUT2D eigenvalue weighted by molar-refractivity contribution is 0.101. The number of carbonyl (C=O) groups excluding carboxylic acids is 1. The lowest BCUT2D eigenvalue weighted by Crippen LogP contribution is -1.99. The number of anilines is 8. The number of hydrogen-bond donors (Lipinski definition) is 8. The van der Waals surface area contributed by atoms with Gasteiger partial charge in [0.25, 0.3) is 0 Å². The van der Waals surface area contributed by atoms with Crippen molar-refractivity contribution in [2.24, 2.45) is 0 Å². The van der Waals surface area contributed by atoms with E-state index in [0.29, 0.717) is 68.7 Å². The molecule has 27 nitrogen and oxygen atoms in total. The average Bonchev–Trinajstić information content (AvgIpc) is 1.72. The summed E-state index contributed by atoms with van der Waals surface area (Å²) in [4.78, 5) is 47.2. The van der Waals surface area contributed by atoms with E-state index in [1.54, 1.807) is 55.6 Å². The van der Waals surface area contributed by atoms with Gasteiger partial charge in [0.05, 0.1) is 110 Å². The van der Waals surface area contributed by atoms with Gasteiger partial charge in [0, 0.05) is 27.8 Å². The lowest BCUT2D eigenvalue weighted by Gasteiger charge is -2.14. The Morgan fingerprint density at radius 1 is 0.266 bits per heavy atom. The summed E-state index contributed by atoms with van der Waals surface area (Å²) in [5.74, 6) is 6.90. The van der Waals surface area contributed by atoms with Crippen molar-refractivity contribution in [2.75, 3.05) is 63.9 Å². The van der Waals surface area contributed by atoms with Crippen molar-refractivity contribution >= 4 is 95.9 Å². The number of rotatable bonds is 23. The normalized spacial score (nSPS) is 10.8. The van der Waals surface area contributed by atoms with E-state index in [-0.39, 0.29) is 5.78 Å². The number of methoxy groups -OCH3 is 6. The Labute approximate surface area is 735 Å². The number of ether oxygens (including phenoxy) is 6. The standard InChI is InChI=1S/C26H21N5O2.2C25H21N5O2.C25H21N5O/c1-16(32)18-9-6-10-20(13-18)24-23-25(27-15-28-26(23)31-30-24)29-21-14-19(11-12-22(21)33-2)17-7-4-3-5-8-17;1-31-19-10-6-9-18(13-19)23-22-24(26-15-27-25(22)30-29-23)28-20-14-17(11-12-21(20)32-2)16-7-4-3-5-8-16;1-31-19-11-8-17(9-12-19)23-22-24(26-15-27-25(22)30-29-23)28-20-14-18(10-13-21(20)32-2)16-6-4-3-5-7-16;1-16-8-6-7-11-19(16)23-22-24(26-15-27-25(22)30-29-23)28-20-14-18(12-13-21(20)31-2)17-9-4-3-5-10-17/h3-15H,1-2H3,(H2,27,28,29,30,31);2*3-15H,1-2H3,(H2,26,27,28,29,30);3-15H,1-2H3,(H2,26,27,28,29,30). The van der Waals surface area contributed by atoms with E-state index in [0.717, 1.165) is 157 Å². The predicted molar refractivity (Wildman–Crippen MR) is 503 cm³/mol. The van der Waals surface area contributed by atoms with Crippen LogP contribution in [0, 0.1) is 6.92 Å². The van der Waals surface area contributed by atoms with Crippen LogP contribution in [0.5, 0.6) is 34.5 Å². The van der Waals surface area contributed by atoms with Crippen molar-refractivity contribution in [1.29, 1.82) is 0 Å². The molecule has 0 fully saturated rings. The van der Waals surface area contributed by atoms with Crippen molar-refractivity contribution in [3.8, 4) is 124 Å². The average molecular weight is 1690 g/mol. The second-order valence-electron chi connectivity index (χ2n) is 29.1. The molecule has 0 atom stereocenters. The van der Waals surface area contributed by atoms with Gasteiger partial charge >= 0.3 is 0 Å². The zero-order chi connectivity index (χ0) is 87.8. The van der Waals surface area contributed by atoms with Crippen molar-refractivity contribution in [1.82, 2.24) is 80.7 Å². The molecular weight excluding hydrogens is 1610 g/mol. The number of Topliss-reactive ketones (excluding diaryl/α,β-unsaturated/α-hetero) is 1. The van der Waals surface area contributed by atoms with Crippen molar-refractivity contribution in [3.05, 3.63) is 328 Å². The number of aromatic amines is 4. The first-order chi connectivity index (χ1) is 62.9. The minimum absolute atomic E-state index is 0.00210. The molecule has 0 saturated carbocycles. The van der Waals surface area contributed by atoms with Crippen LogP contribution in [0.25, 0.3) is 134 Å². The number of H-pyrrole nitrogens is 4. The van der Waals surface area contributed by atoms with Gasteiger partial charge in [-0.3, -0.25) is 25.2 Å². The molecule has 0 amide bonds. The molecular formula is C101H84N20O7. The van der Waals surface area contributed by atoms with Crippen LogP contribution >= 0.6 is 0 Å². The molecule has 0 bridgehead atoms. The monoisotopic (exact) mass is 1690 g/mol. The maximum atomic E-state index is 11.9. The molecule has 0 saturated heterocycles. The van der Waals surface area contributed by atoms with Gasteiger partial charge in [-0.15, -0.1) is 0 Å². The molecule has 20 rings (SSSR count). The summed E-state index contributed by atoms with van der Waals surface area (Å²) >= 11 is 0. The third-order valence-electron chi connectivity index (χ3n) is 21.4. The van der Waals surface area contributed by atoms with Crippen molar-refractivity contribution in [2.45, 2.75) is 13.8 Å². The first kappa shape index (κ1) is 82.8. The molecule has 0 aliphatic heterocycles. The highest BCUT2D eigenvalue weighted by Gasteiger charge is 2.24. The summed E-state index contributed by atoms with van der Waals surface area (Å²) in [5, 5.41) is 46.7. The van der Waals surface area contributed by atoms with Crippen LogP contribution < -0.4 is 49.7 Å². The van der Waals surface area contributed by atoms with Crippen LogP contribution in [0.4, 0.5) is 46.0 Å². The van der Waals surface area contributed by atoms with E-state index in [4.69, 9.17) is 28.4 Å². The molecule has 8 heterocycles. The summed E-state index contributed by atoms with van der Waals surface area (Å²) in [6, 6.07) is 96.0. The third-order valence-corrected chi connectivity index (χ3v) is 21.4. The molecule has 0 aliphatic carbocycles. The minimum atomic E-state index is -0.00210. The molecule has 128 heavy (non-hydrogen) atoms. The summed E-state index contributed by atoms with van der Waals surface area (Å²) < 4.78 is 33.1. The zero-order valence-corrected chi connectivity index (χ0v) is 70.7. The number of benzene rings is 12. The highest BCUT2D eigenvalue weighted by molar-refractivity contribution is 6.05. The Bertz CT molecular complexity index is 7300. The van der Waals surface area contributed by atoms with Gasteiger partial charge in [-0.1, -0.05) is 200 Å². The molecule has 8 aromatic heterocycles. The summed E-state index contributed by atoms with van der Waals surface area (Å²) in [7, 11) is 9.89. The molecule has 0 spiro atoms. The third kappa shape index (κ3) is 18.1. The first-order valence-electron chi connectivity index (χ1n) is 40.7. The maximum absolute atomic E-state index is 11.9. The SMILES string of the molecule is COc1ccc(-c2[nH]nc3ncnc(Nc4cc(-c5ccccc5)ccc4OC)c23)cc1.COc1ccc(-c2ccccc2)cc1Nc1ncnc2n[nH]c(-c3cccc(C(C)=O)c3)c12.COc1ccc(-c2ccccc2)cc1Nc1ncnc2n[nH]c(-c3ccccc3C)c12.COc1cccc(-c2[nH]nc3ncnc(Nc4cc(-c5ccccc5)ccc4OC)c23)c1. The van der Waals surface area contributed by atoms with Gasteiger partial charge in [-0.25, -0.2) is 39.9 Å². The van der Waals surface area contributed by atoms with E-state index in [9.17, 15) is 4.79 Å². The van der Waals surface area contributed by atoms with E-state index >= 15 is 0 Å². The number of ketones is 1. The van der Waals surface area contributed by atoms with Crippen LogP contribution in [0.1, 0.15) is 22.8 Å². The fourth-order valence-corrected chi connectivity index (χ4v) is 14.9. The molecule has 0 unspecified atom stereocenters. The quantitative estimate of drug-likeness (QED) is 0.0276. The Balaban J connectivity index is 0.000000120. The van der Waals surface area contributed by atoms with Gasteiger partial charge in [0.2, 0.25) is 0 Å². The van der Waals surface area contributed by atoms with Gasteiger partial charge in [-0.05, 0) is 155 Å². The smallest absolute Gasteiger partial charge is 0.186 e. The van der Waals surface area contributed by atoms with E-state index in [1.807, 2.05) is 212 Å². The molecule has 630 valence electrons. The minimum Gasteiger partial charge on any atom is -0.497 e. The molecule has 8 N–H and O–H groups in total. The van der Waals surface area contributed by atoms with Crippen molar-refractivity contribution < 1.29 is 33.2 Å². The molecule has 27 heteroatoms. The number of hydrogen-bond acceptors (Lipinski definition) is 23. The highest BCUT2D eigenvalue weighted by Crippen LogP contribution is 2.43. The lowest BCUT2D eigenvalue weighted by atomic mass is 10.0. The van der Waals surface area contributed by atoms with Gasteiger partial charge in [0.15, 0.2) is 28.4 Å². The van der Waals surface area contributed by atoms with Crippen molar-refractivity contribution in [3.63, 3.8) is 0 Å². The van der Waals surface area contributed by atoms with E-state index in [2.05, 4.69) is 182 Å². The molecule has 0 aliphatic rings. The molecule has 20 aromatic rings. The topological polar surface area (TPSA) is 338 Å². The van der Waals surface area contributed by atoms with E-state index in [1.165, 1.54) is 25.3 Å². The van der Waals surface area contributed by atoms with Gasteiger partial charge in [-0.2, -0.15) is 20.4 Å². The molecule has 12 aromatic carbocycles. The van der Waals surface area contributed by atoms with Gasteiger partial charge in [0.1, 0.15) is 83.1 Å². The largest absolute Gasteiger partial charge is 0.497 e. The predicted octanol–water partition coefficient (Wildman–Crippen LogP) is 22.3. The summed E-state index contributed by atoms with van der Waals surface area (Å²) in [6.45, 7) is 3.62. The van der Waals surface area contributed by atoms with Crippen LogP contribution in [0.15, 0.2) is 316 Å².